The molecule has 1 saturated heterocycles. The molecule has 252 valence electrons. The summed E-state index contributed by atoms with van der Waals surface area (Å²) in [6.45, 7) is 5.08. The van der Waals surface area contributed by atoms with E-state index in [-0.39, 0.29) is 23.8 Å². The van der Waals surface area contributed by atoms with Gasteiger partial charge in [0.1, 0.15) is 11.9 Å². The molecule has 0 saturated carbocycles. The number of carbonyl (C=O) groups is 1. The molecule has 1 fully saturated rings. The quantitative estimate of drug-likeness (QED) is 0.0908. The second-order valence-electron chi connectivity index (χ2n) is 12.9. The van der Waals surface area contributed by atoms with Gasteiger partial charge in [-0.05, 0) is 62.5 Å². The number of unbranched alkanes of at least 4 members (excludes halogenated alkanes) is 13. The minimum atomic E-state index is -0.367. The topological polar surface area (TPSA) is 48.0 Å². The van der Waals surface area contributed by atoms with Crippen LogP contribution in [0.25, 0.3) is 0 Å². The molecule has 0 aliphatic carbocycles. The van der Waals surface area contributed by atoms with Gasteiger partial charge in [-0.15, -0.1) is 0 Å². The van der Waals surface area contributed by atoms with Gasteiger partial charge in [-0.1, -0.05) is 115 Å². The Hall–Kier alpha value is -2.60. The SMILES string of the molecule is CCCCCCCCCCCCCCCCC(=O)O[C@@H](c1cccc(OC)c1OC)C1CCN(CCc2ccc(F)cc2)CC1. The molecule has 0 spiro atoms. The first-order valence-electron chi connectivity index (χ1n) is 17.9. The van der Waals surface area contributed by atoms with Crippen LogP contribution in [0.5, 0.6) is 11.5 Å². The first-order valence-corrected chi connectivity index (χ1v) is 17.9. The van der Waals surface area contributed by atoms with Gasteiger partial charge in [0, 0.05) is 24.4 Å². The fourth-order valence-electron chi connectivity index (χ4n) is 6.63. The second kappa shape index (κ2) is 22.0. The largest absolute Gasteiger partial charge is 0.493 e. The molecule has 6 heteroatoms. The molecular formula is C39H60FNO4. The zero-order valence-corrected chi connectivity index (χ0v) is 28.5. The Labute approximate surface area is 273 Å². The summed E-state index contributed by atoms with van der Waals surface area (Å²) in [5, 5.41) is 0. The summed E-state index contributed by atoms with van der Waals surface area (Å²) < 4.78 is 30.9. The monoisotopic (exact) mass is 625 g/mol. The number of benzene rings is 2. The maximum absolute atomic E-state index is 13.3. The number of piperidine rings is 1. The molecule has 1 heterocycles. The van der Waals surface area contributed by atoms with E-state index in [4.69, 9.17) is 14.2 Å². The fourth-order valence-corrected chi connectivity index (χ4v) is 6.63. The summed E-state index contributed by atoms with van der Waals surface area (Å²) in [4.78, 5) is 15.6. The molecule has 2 aromatic carbocycles. The predicted octanol–water partition coefficient (Wildman–Crippen LogP) is 10.3. The molecule has 1 atom stereocenters. The first kappa shape index (κ1) is 36.9. The number of carbonyl (C=O) groups excluding carboxylic acids is 1. The molecule has 1 aliphatic rings. The maximum Gasteiger partial charge on any atom is 0.306 e. The van der Waals surface area contributed by atoms with Crippen molar-refractivity contribution in [1.29, 1.82) is 0 Å². The summed E-state index contributed by atoms with van der Waals surface area (Å²) in [7, 11) is 3.28. The summed E-state index contributed by atoms with van der Waals surface area (Å²) in [6, 6.07) is 12.6. The smallest absolute Gasteiger partial charge is 0.306 e. The first-order chi connectivity index (χ1) is 22.0. The highest BCUT2D eigenvalue weighted by Gasteiger charge is 2.33. The molecule has 5 nitrogen and oxygen atoms in total. The Bertz CT molecular complexity index is 1070. The van der Waals surface area contributed by atoms with Crippen LogP contribution in [-0.2, 0) is 16.0 Å². The lowest BCUT2D eigenvalue weighted by Crippen LogP contribution is -2.37. The minimum Gasteiger partial charge on any atom is -0.493 e. The van der Waals surface area contributed by atoms with Gasteiger partial charge in [0.2, 0.25) is 0 Å². The number of esters is 1. The number of likely N-dealkylation sites (tertiary alicyclic amines) is 1. The van der Waals surface area contributed by atoms with Crippen LogP contribution in [0.15, 0.2) is 42.5 Å². The third-order valence-corrected chi connectivity index (χ3v) is 9.42. The van der Waals surface area contributed by atoms with Crippen molar-refractivity contribution in [2.24, 2.45) is 5.92 Å². The van der Waals surface area contributed by atoms with Crippen LogP contribution in [0.3, 0.4) is 0 Å². The van der Waals surface area contributed by atoms with Crippen molar-refractivity contribution in [3.8, 4) is 11.5 Å². The summed E-state index contributed by atoms with van der Waals surface area (Å²) in [6.07, 6.45) is 20.9. The number of hydrogen-bond acceptors (Lipinski definition) is 5. The van der Waals surface area contributed by atoms with Gasteiger partial charge in [0.15, 0.2) is 11.5 Å². The van der Waals surface area contributed by atoms with Gasteiger partial charge < -0.3 is 19.1 Å². The molecule has 45 heavy (non-hydrogen) atoms. The number of methoxy groups -OCH3 is 2. The number of hydrogen-bond donors (Lipinski definition) is 0. The lowest BCUT2D eigenvalue weighted by atomic mass is 9.86. The van der Waals surface area contributed by atoms with E-state index in [9.17, 15) is 9.18 Å². The van der Waals surface area contributed by atoms with Crippen LogP contribution in [0.1, 0.15) is 133 Å². The number of halogens is 1. The number of ether oxygens (including phenoxy) is 3. The molecule has 1 aliphatic heterocycles. The normalized spacial score (nSPS) is 14.8. The van der Waals surface area contributed by atoms with E-state index < -0.39 is 0 Å². The molecule has 0 N–H and O–H groups in total. The van der Waals surface area contributed by atoms with Crippen LogP contribution in [0.4, 0.5) is 4.39 Å². The number of rotatable bonds is 23. The summed E-state index contributed by atoms with van der Waals surface area (Å²) >= 11 is 0. The lowest BCUT2D eigenvalue weighted by molar-refractivity contribution is -0.153. The average Bonchev–Trinajstić information content (AvgIpc) is 3.07. The van der Waals surface area contributed by atoms with Gasteiger partial charge in [0.25, 0.3) is 0 Å². The molecule has 0 amide bonds. The average molecular weight is 626 g/mol. The van der Waals surface area contributed by atoms with E-state index in [0.29, 0.717) is 17.9 Å². The van der Waals surface area contributed by atoms with Gasteiger partial charge in [-0.25, -0.2) is 4.39 Å². The van der Waals surface area contributed by atoms with Crippen molar-refractivity contribution in [2.75, 3.05) is 33.9 Å². The number of nitrogens with zero attached hydrogens (tertiary/aromatic N) is 1. The van der Waals surface area contributed by atoms with Crippen LogP contribution in [0, 0.1) is 11.7 Å². The standard InChI is InChI=1S/C39H60FNO4/c1-4-5-6-7-8-9-10-11-12-13-14-15-16-17-21-37(42)45-38(35-19-18-20-36(43-2)39(35)44-3)33-27-30-41(31-28-33)29-26-32-22-24-34(40)25-23-32/h18-20,22-25,33,38H,4-17,21,26-31H2,1-3H3/t38-/m1/s1. The van der Waals surface area contributed by atoms with E-state index in [0.717, 1.165) is 62.9 Å². The van der Waals surface area contributed by atoms with Crippen molar-refractivity contribution in [2.45, 2.75) is 129 Å². The minimum absolute atomic E-state index is 0.123. The Kier molecular flexibility index (Phi) is 18.0. The van der Waals surface area contributed by atoms with Crippen molar-refractivity contribution < 1.29 is 23.4 Å². The zero-order chi connectivity index (χ0) is 32.1. The van der Waals surface area contributed by atoms with Crippen LogP contribution in [0.2, 0.25) is 0 Å². The summed E-state index contributed by atoms with van der Waals surface area (Å²) in [5.41, 5.74) is 2.03. The van der Waals surface area contributed by atoms with Crippen molar-refractivity contribution in [3.63, 3.8) is 0 Å². The highest BCUT2D eigenvalue weighted by atomic mass is 19.1. The van der Waals surface area contributed by atoms with Crippen LogP contribution in [-0.4, -0.2) is 44.7 Å². The molecule has 0 aromatic heterocycles. The van der Waals surface area contributed by atoms with Crippen molar-refractivity contribution in [3.05, 3.63) is 59.4 Å². The van der Waals surface area contributed by atoms with Crippen molar-refractivity contribution in [1.82, 2.24) is 4.90 Å². The third-order valence-electron chi connectivity index (χ3n) is 9.42. The lowest BCUT2D eigenvalue weighted by Gasteiger charge is -2.36. The molecule has 3 rings (SSSR count). The van der Waals surface area contributed by atoms with Crippen LogP contribution < -0.4 is 9.47 Å². The van der Waals surface area contributed by atoms with Crippen molar-refractivity contribution >= 4 is 5.97 Å². The Balaban J connectivity index is 1.42. The Morgan fingerprint density at radius 1 is 0.800 bits per heavy atom. The van der Waals surface area contributed by atoms with Crippen LogP contribution >= 0.6 is 0 Å². The predicted molar refractivity (Wildman–Crippen MR) is 183 cm³/mol. The van der Waals surface area contributed by atoms with Gasteiger partial charge in [-0.2, -0.15) is 0 Å². The Morgan fingerprint density at radius 2 is 1.38 bits per heavy atom. The van der Waals surface area contributed by atoms with Gasteiger partial charge >= 0.3 is 5.97 Å². The highest BCUT2D eigenvalue weighted by Crippen LogP contribution is 2.42. The van der Waals surface area contributed by atoms with E-state index >= 15 is 0 Å². The maximum atomic E-state index is 13.3. The third kappa shape index (κ3) is 13.7. The Morgan fingerprint density at radius 3 is 1.93 bits per heavy atom. The molecule has 0 bridgehead atoms. The van der Waals surface area contributed by atoms with E-state index in [1.165, 1.54) is 89.2 Å². The fraction of sp³-hybridized carbons (Fsp3) is 0.667. The van der Waals surface area contributed by atoms with E-state index in [1.54, 1.807) is 14.2 Å². The van der Waals surface area contributed by atoms with Gasteiger partial charge in [0.05, 0.1) is 14.2 Å². The zero-order valence-electron chi connectivity index (χ0n) is 28.5. The second-order valence-corrected chi connectivity index (χ2v) is 12.9. The molecular weight excluding hydrogens is 565 g/mol. The van der Waals surface area contributed by atoms with E-state index in [2.05, 4.69) is 11.8 Å². The summed E-state index contributed by atoms with van der Waals surface area (Å²) in [5.74, 6) is 1.18. The number of para-hydroxylation sites is 1. The van der Waals surface area contributed by atoms with Gasteiger partial charge in [-0.3, -0.25) is 4.79 Å². The molecule has 2 aromatic rings. The highest BCUT2D eigenvalue weighted by molar-refractivity contribution is 5.70. The van der Waals surface area contributed by atoms with E-state index in [1.807, 2.05) is 30.3 Å². The molecule has 0 radical (unpaired) electrons. The molecule has 0 unspecified atom stereocenters.